The van der Waals surface area contributed by atoms with E-state index in [4.69, 9.17) is 9.47 Å². The molecule has 0 bridgehead atoms. The molecule has 0 saturated carbocycles. The van der Waals surface area contributed by atoms with Crippen molar-refractivity contribution in [3.8, 4) is 39.9 Å². The summed E-state index contributed by atoms with van der Waals surface area (Å²) in [5.41, 5.74) is 6.13. The predicted octanol–water partition coefficient (Wildman–Crippen LogP) is 9.43. The van der Waals surface area contributed by atoms with Gasteiger partial charge in [0.2, 0.25) is 0 Å². The Kier molecular flexibility index (Phi) is 9.17. The normalized spacial score (nSPS) is 11.2. The molecule has 0 fully saturated rings. The van der Waals surface area contributed by atoms with E-state index in [1.165, 1.54) is 23.0 Å². The van der Waals surface area contributed by atoms with E-state index in [1.807, 2.05) is 61.7 Å². The minimum absolute atomic E-state index is 0. The SMILES string of the molecule is COc1ccnc(-n2c3[c-]c(Oc4[c-]c(-n5cc(-c6c(CF)c(C)c(C)c(C)c6CF)cn5)cc(F)c4)ccc3c3ccccc32)c1.[Pt+2]. The summed E-state index contributed by atoms with van der Waals surface area (Å²) in [5.74, 6) is 1.17. The van der Waals surface area contributed by atoms with Crippen LogP contribution in [0.15, 0.2) is 79.3 Å². The fourth-order valence-corrected chi connectivity index (χ4v) is 6.17. The number of ether oxygens (including phenoxy) is 2. The maximum atomic E-state index is 15.0. The Bertz CT molecular complexity index is 2280. The number of para-hydroxylation sites is 1. The summed E-state index contributed by atoms with van der Waals surface area (Å²) in [4.78, 5) is 4.57. The maximum Gasteiger partial charge on any atom is 2.00 e. The molecule has 0 amide bonds. The molecular formula is C38H29F3N4O2Pt. The predicted molar refractivity (Wildman–Crippen MR) is 176 cm³/mol. The molecule has 0 aliphatic carbocycles. The summed E-state index contributed by atoms with van der Waals surface area (Å²) in [6, 6.07) is 24.2. The van der Waals surface area contributed by atoms with E-state index >= 15 is 4.39 Å². The van der Waals surface area contributed by atoms with Crippen LogP contribution in [0.25, 0.3) is 44.4 Å². The van der Waals surface area contributed by atoms with Gasteiger partial charge < -0.3 is 14.0 Å². The van der Waals surface area contributed by atoms with Crippen molar-refractivity contribution in [3.63, 3.8) is 0 Å². The van der Waals surface area contributed by atoms with Crippen molar-refractivity contribution in [3.05, 3.63) is 125 Å². The summed E-state index contributed by atoms with van der Waals surface area (Å²) < 4.78 is 58.5. The van der Waals surface area contributed by atoms with E-state index in [2.05, 4.69) is 22.2 Å². The van der Waals surface area contributed by atoms with Crippen LogP contribution in [0.5, 0.6) is 17.2 Å². The van der Waals surface area contributed by atoms with Crippen molar-refractivity contribution >= 4 is 21.8 Å². The third-order valence-corrected chi connectivity index (χ3v) is 8.77. The quantitative estimate of drug-likeness (QED) is 0.144. The van der Waals surface area contributed by atoms with Crippen LogP contribution in [-0.2, 0) is 34.4 Å². The van der Waals surface area contributed by atoms with E-state index in [-0.39, 0.29) is 32.5 Å². The standard InChI is InChI=1S/C38H29F3N4O2.Pt/c1-22-23(2)33(18-39)38(34(19-40)24(22)3)25-20-43-44(21-25)27-13-26(41)14-30(15-27)47-29-9-10-32-31-7-5-6-8-35(31)45(36(32)16-29)37-17-28(46-4)11-12-42-37;/h5-14,17,20-21H,18-19H2,1-4H3;/q-2;+2. The fourth-order valence-electron chi connectivity index (χ4n) is 6.17. The number of pyridine rings is 1. The van der Waals surface area contributed by atoms with E-state index in [1.54, 1.807) is 31.6 Å². The Morgan fingerprint density at radius 3 is 2.31 bits per heavy atom. The van der Waals surface area contributed by atoms with Crippen LogP contribution in [0.3, 0.4) is 0 Å². The number of alkyl halides is 2. The average Bonchev–Trinajstić information content (AvgIpc) is 3.70. The van der Waals surface area contributed by atoms with Gasteiger partial charge in [-0.2, -0.15) is 11.2 Å². The fraction of sp³-hybridized carbons (Fsp3) is 0.158. The number of hydrogen-bond donors (Lipinski definition) is 0. The van der Waals surface area contributed by atoms with E-state index in [0.29, 0.717) is 45.1 Å². The largest absolute Gasteiger partial charge is 2.00 e. The molecule has 244 valence electrons. The molecule has 3 heterocycles. The van der Waals surface area contributed by atoms with Gasteiger partial charge in [0.05, 0.1) is 13.3 Å². The molecule has 7 rings (SSSR count). The van der Waals surface area contributed by atoms with Gasteiger partial charge in [-0.15, -0.1) is 29.7 Å². The van der Waals surface area contributed by atoms with Crippen molar-refractivity contribution in [2.75, 3.05) is 7.11 Å². The van der Waals surface area contributed by atoms with E-state index in [9.17, 15) is 8.78 Å². The molecule has 0 N–H and O–H groups in total. The Labute approximate surface area is 290 Å². The summed E-state index contributed by atoms with van der Waals surface area (Å²) in [6.45, 7) is 4.02. The summed E-state index contributed by atoms with van der Waals surface area (Å²) in [7, 11) is 1.60. The third kappa shape index (κ3) is 5.66. The second-order valence-corrected chi connectivity index (χ2v) is 11.3. The Morgan fingerprint density at radius 2 is 1.58 bits per heavy atom. The van der Waals surface area contributed by atoms with Crippen LogP contribution in [0.4, 0.5) is 13.2 Å². The third-order valence-electron chi connectivity index (χ3n) is 8.77. The van der Waals surface area contributed by atoms with E-state index in [0.717, 1.165) is 33.0 Å². The molecule has 6 nitrogen and oxygen atoms in total. The Morgan fingerprint density at radius 1 is 0.833 bits per heavy atom. The van der Waals surface area contributed by atoms with E-state index < -0.39 is 19.2 Å². The minimum Gasteiger partial charge on any atom is -0.509 e. The number of halogens is 3. The number of benzene rings is 4. The molecule has 0 aliphatic rings. The molecule has 0 aliphatic heterocycles. The number of nitrogens with zero attached hydrogens (tertiary/aromatic N) is 4. The number of methoxy groups -OCH3 is 1. The van der Waals surface area contributed by atoms with Crippen LogP contribution in [0.2, 0.25) is 0 Å². The monoisotopic (exact) mass is 825 g/mol. The van der Waals surface area contributed by atoms with Gasteiger partial charge in [0.15, 0.2) is 0 Å². The molecule has 0 radical (unpaired) electrons. The molecule has 7 aromatic rings. The van der Waals surface area contributed by atoms with Crippen molar-refractivity contribution in [1.82, 2.24) is 19.3 Å². The van der Waals surface area contributed by atoms with Gasteiger partial charge in [-0.05, 0) is 77.4 Å². The number of hydrogen-bond acceptors (Lipinski definition) is 4. The first-order valence-electron chi connectivity index (χ1n) is 15.0. The molecule has 48 heavy (non-hydrogen) atoms. The average molecular weight is 826 g/mol. The zero-order chi connectivity index (χ0) is 32.8. The second-order valence-electron chi connectivity index (χ2n) is 11.3. The van der Waals surface area contributed by atoms with Crippen molar-refractivity contribution < 1.29 is 43.7 Å². The first-order chi connectivity index (χ1) is 22.8. The van der Waals surface area contributed by atoms with Gasteiger partial charge >= 0.3 is 21.1 Å². The second kappa shape index (κ2) is 13.3. The van der Waals surface area contributed by atoms with Gasteiger partial charge in [0.1, 0.15) is 24.9 Å². The maximum absolute atomic E-state index is 15.0. The Hall–Kier alpha value is -4.88. The molecule has 0 saturated heterocycles. The number of fused-ring (bicyclic) bond motifs is 3. The Balaban J connectivity index is 0.00000401. The van der Waals surface area contributed by atoms with Gasteiger partial charge in [-0.3, -0.25) is 4.68 Å². The van der Waals surface area contributed by atoms with Crippen LogP contribution in [0.1, 0.15) is 27.8 Å². The number of aromatic nitrogens is 4. The zero-order valence-corrected chi connectivity index (χ0v) is 28.7. The molecule has 3 aromatic heterocycles. The van der Waals surface area contributed by atoms with Crippen LogP contribution in [-0.4, -0.2) is 26.4 Å². The van der Waals surface area contributed by atoms with Gasteiger partial charge in [-0.1, -0.05) is 29.8 Å². The van der Waals surface area contributed by atoms with Crippen LogP contribution >= 0.6 is 0 Å². The number of rotatable bonds is 8. The summed E-state index contributed by atoms with van der Waals surface area (Å²) >= 11 is 0. The van der Waals surface area contributed by atoms with Crippen LogP contribution in [0, 0.1) is 38.7 Å². The van der Waals surface area contributed by atoms with Gasteiger partial charge in [0, 0.05) is 46.9 Å². The van der Waals surface area contributed by atoms with Crippen molar-refractivity contribution in [2.45, 2.75) is 34.1 Å². The molecule has 0 spiro atoms. The zero-order valence-electron chi connectivity index (χ0n) is 26.5. The molecule has 10 heteroatoms. The summed E-state index contributed by atoms with van der Waals surface area (Å²) in [6.07, 6.45) is 4.82. The smallest absolute Gasteiger partial charge is 0.509 e. The van der Waals surface area contributed by atoms with Gasteiger partial charge in [-0.25, -0.2) is 18.2 Å². The molecule has 0 unspecified atom stereocenters. The van der Waals surface area contributed by atoms with Crippen LogP contribution < -0.4 is 9.47 Å². The summed E-state index contributed by atoms with van der Waals surface area (Å²) in [5, 5.41) is 6.35. The minimum atomic E-state index is -0.752. The van der Waals surface area contributed by atoms with Crippen molar-refractivity contribution in [2.24, 2.45) is 0 Å². The first-order valence-corrected chi connectivity index (χ1v) is 15.0. The topological polar surface area (TPSA) is 54.1 Å². The van der Waals surface area contributed by atoms with Crippen molar-refractivity contribution in [1.29, 1.82) is 0 Å². The molecular weight excluding hydrogens is 797 g/mol. The molecule has 4 aromatic carbocycles. The molecule has 0 atom stereocenters. The van der Waals surface area contributed by atoms with Gasteiger partial charge in [0.25, 0.3) is 0 Å². The first kappa shape index (κ1) is 33.0.